The average Bonchev–Trinajstić information content (AvgIpc) is 2.53. The zero-order chi connectivity index (χ0) is 13.6. The lowest BCUT2D eigenvalue weighted by molar-refractivity contribution is -0.137. The third-order valence-corrected chi connectivity index (χ3v) is 3.64. The maximum Gasteiger partial charge on any atom is 0.416 e. The Morgan fingerprint density at radius 1 is 1.22 bits per heavy atom. The molecule has 0 amide bonds. The molecule has 0 spiro atoms. The van der Waals surface area contributed by atoms with Crippen LogP contribution in [0.2, 0.25) is 0 Å². The molecule has 1 aromatic carbocycles. The Labute approximate surface area is 104 Å². The van der Waals surface area contributed by atoms with Crippen LogP contribution in [0.5, 0.6) is 0 Å². The van der Waals surface area contributed by atoms with Crippen LogP contribution in [0, 0.1) is 0 Å². The molecule has 5 heteroatoms. The highest BCUT2D eigenvalue weighted by atomic mass is 19.4. The van der Waals surface area contributed by atoms with Crippen molar-refractivity contribution in [3.63, 3.8) is 0 Å². The van der Waals surface area contributed by atoms with E-state index in [4.69, 9.17) is 0 Å². The normalized spacial score (nSPS) is 23.4. The molecule has 1 heterocycles. The summed E-state index contributed by atoms with van der Waals surface area (Å²) in [6, 6.07) is 5.08. The van der Waals surface area contributed by atoms with E-state index >= 15 is 0 Å². The van der Waals surface area contributed by atoms with Gasteiger partial charge in [0.2, 0.25) is 0 Å². The van der Waals surface area contributed by atoms with Crippen molar-refractivity contribution in [3.8, 4) is 0 Å². The second-order valence-electron chi connectivity index (χ2n) is 5.15. The van der Waals surface area contributed by atoms with Crippen LogP contribution in [-0.2, 0) is 6.18 Å². The largest absolute Gasteiger partial charge is 0.416 e. The van der Waals surface area contributed by atoms with Crippen LogP contribution >= 0.6 is 0 Å². The predicted molar refractivity (Wildman–Crippen MR) is 63.5 cm³/mol. The van der Waals surface area contributed by atoms with Gasteiger partial charge in [0.05, 0.1) is 17.2 Å². The van der Waals surface area contributed by atoms with Gasteiger partial charge in [0.15, 0.2) is 0 Å². The van der Waals surface area contributed by atoms with Crippen molar-refractivity contribution in [2.24, 2.45) is 0 Å². The Morgan fingerprint density at radius 2 is 1.78 bits per heavy atom. The van der Waals surface area contributed by atoms with Crippen LogP contribution in [0.15, 0.2) is 24.3 Å². The first-order valence-electron chi connectivity index (χ1n) is 5.86. The molecule has 2 rings (SSSR count). The molecule has 0 aromatic heterocycles. The van der Waals surface area contributed by atoms with Crippen molar-refractivity contribution in [2.45, 2.75) is 38.1 Å². The maximum absolute atomic E-state index is 12.5. The van der Waals surface area contributed by atoms with Crippen LogP contribution in [0.4, 0.5) is 18.9 Å². The molecule has 0 bridgehead atoms. The SMILES string of the molecule is CC1(C)C(O)CCN1c1ccc(C(F)(F)F)cc1. The Hall–Kier alpha value is -1.23. The number of benzene rings is 1. The van der Waals surface area contributed by atoms with Gasteiger partial charge in [0.25, 0.3) is 0 Å². The van der Waals surface area contributed by atoms with E-state index in [1.54, 1.807) is 0 Å². The number of hydrogen-bond acceptors (Lipinski definition) is 2. The summed E-state index contributed by atoms with van der Waals surface area (Å²) in [5.74, 6) is 0. The fourth-order valence-electron chi connectivity index (χ4n) is 2.36. The first-order chi connectivity index (χ1) is 8.23. The lowest BCUT2D eigenvalue weighted by Gasteiger charge is -2.35. The van der Waals surface area contributed by atoms with E-state index in [2.05, 4.69) is 0 Å². The molecule has 100 valence electrons. The monoisotopic (exact) mass is 259 g/mol. The molecule has 1 unspecified atom stereocenters. The molecular weight excluding hydrogens is 243 g/mol. The van der Waals surface area contributed by atoms with E-state index < -0.39 is 23.4 Å². The van der Waals surface area contributed by atoms with Crippen LogP contribution < -0.4 is 4.90 Å². The van der Waals surface area contributed by atoms with E-state index in [0.717, 1.165) is 12.1 Å². The van der Waals surface area contributed by atoms with Crippen molar-refractivity contribution in [3.05, 3.63) is 29.8 Å². The molecule has 0 aliphatic carbocycles. The van der Waals surface area contributed by atoms with Gasteiger partial charge in [-0.3, -0.25) is 0 Å². The molecular formula is C13H16F3NO. The van der Waals surface area contributed by atoms with Gasteiger partial charge in [-0.1, -0.05) is 0 Å². The average molecular weight is 259 g/mol. The molecule has 1 fully saturated rings. The Morgan fingerprint density at radius 3 is 2.17 bits per heavy atom. The third kappa shape index (κ3) is 2.19. The zero-order valence-electron chi connectivity index (χ0n) is 10.3. The highest BCUT2D eigenvalue weighted by molar-refractivity contribution is 5.52. The van der Waals surface area contributed by atoms with Crippen molar-refractivity contribution >= 4 is 5.69 Å². The summed E-state index contributed by atoms with van der Waals surface area (Å²) in [6.07, 6.45) is -4.13. The van der Waals surface area contributed by atoms with E-state index in [0.29, 0.717) is 18.7 Å². The lowest BCUT2D eigenvalue weighted by atomic mass is 9.98. The molecule has 1 N–H and O–H groups in total. The number of nitrogens with zero attached hydrogens (tertiary/aromatic N) is 1. The number of anilines is 1. The minimum Gasteiger partial charge on any atom is -0.391 e. The molecule has 1 aliphatic heterocycles. The van der Waals surface area contributed by atoms with Crippen LogP contribution in [-0.4, -0.2) is 23.3 Å². The molecule has 0 radical (unpaired) electrons. The molecule has 18 heavy (non-hydrogen) atoms. The summed E-state index contributed by atoms with van der Waals surface area (Å²) in [7, 11) is 0. The number of rotatable bonds is 1. The van der Waals surface area contributed by atoms with Crippen molar-refractivity contribution in [1.82, 2.24) is 0 Å². The van der Waals surface area contributed by atoms with Gasteiger partial charge in [0, 0.05) is 12.2 Å². The molecule has 1 aromatic rings. The minimum atomic E-state index is -4.31. The molecule has 1 aliphatic rings. The Bertz CT molecular complexity index is 425. The second-order valence-corrected chi connectivity index (χ2v) is 5.15. The summed E-state index contributed by atoms with van der Waals surface area (Å²) in [4.78, 5) is 1.94. The minimum absolute atomic E-state index is 0.445. The number of alkyl halides is 3. The molecule has 1 saturated heterocycles. The fraction of sp³-hybridized carbons (Fsp3) is 0.538. The van der Waals surface area contributed by atoms with Crippen molar-refractivity contribution < 1.29 is 18.3 Å². The van der Waals surface area contributed by atoms with E-state index in [1.165, 1.54) is 12.1 Å². The summed E-state index contributed by atoms with van der Waals surface area (Å²) in [5.41, 5.74) is -0.381. The first kappa shape index (κ1) is 13.2. The smallest absolute Gasteiger partial charge is 0.391 e. The van der Waals surface area contributed by atoms with E-state index in [9.17, 15) is 18.3 Å². The highest BCUT2D eigenvalue weighted by Gasteiger charge is 2.40. The standard InChI is InChI=1S/C13H16F3NO/c1-12(2)11(18)7-8-17(12)10-5-3-9(4-6-10)13(14,15)16/h3-6,11,18H,7-8H2,1-2H3. The van der Waals surface area contributed by atoms with Crippen LogP contribution in [0.3, 0.4) is 0 Å². The van der Waals surface area contributed by atoms with Crippen LogP contribution in [0.1, 0.15) is 25.8 Å². The maximum atomic E-state index is 12.5. The van der Waals surface area contributed by atoms with Gasteiger partial charge in [-0.05, 0) is 44.5 Å². The quantitative estimate of drug-likeness (QED) is 0.838. The third-order valence-electron chi connectivity index (χ3n) is 3.64. The van der Waals surface area contributed by atoms with Gasteiger partial charge >= 0.3 is 6.18 Å². The van der Waals surface area contributed by atoms with Gasteiger partial charge in [0.1, 0.15) is 0 Å². The van der Waals surface area contributed by atoms with E-state index in [-0.39, 0.29) is 0 Å². The summed E-state index contributed by atoms with van der Waals surface area (Å²) in [6.45, 7) is 4.43. The van der Waals surface area contributed by atoms with Crippen molar-refractivity contribution in [1.29, 1.82) is 0 Å². The molecule has 0 saturated carbocycles. The van der Waals surface area contributed by atoms with Crippen molar-refractivity contribution in [2.75, 3.05) is 11.4 Å². The number of aliphatic hydroxyl groups excluding tert-OH is 1. The highest BCUT2D eigenvalue weighted by Crippen LogP contribution is 2.36. The van der Waals surface area contributed by atoms with Gasteiger partial charge < -0.3 is 10.0 Å². The molecule has 2 nitrogen and oxygen atoms in total. The molecule has 1 atom stereocenters. The first-order valence-corrected chi connectivity index (χ1v) is 5.86. The number of aliphatic hydroxyl groups is 1. The van der Waals surface area contributed by atoms with Gasteiger partial charge in [-0.2, -0.15) is 13.2 Å². The number of hydrogen-bond donors (Lipinski definition) is 1. The van der Waals surface area contributed by atoms with Gasteiger partial charge in [-0.25, -0.2) is 0 Å². The Kier molecular flexibility index (Phi) is 3.05. The summed E-state index contributed by atoms with van der Waals surface area (Å²) in [5, 5.41) is 9.85. The number of halogens is 3. The zero-order valence-corrected chi connectivity index (χ0v) is 10.3. The Balaban J connectivity index is 2.26. The van der Waals surface area contributed by atoms with Crippen LogP contribution in [0.25, 0.3) is 0 Å². The second kappa shape index (κ2) is 4.16. The van der Waals surface area contributed by atoms with Gasteiger partial charge in [-0.15, -0.1) is 0 Å². The lowest BCUT2D eigenvalue weighted by Crippen LogP contribution is -2.45. The fourth-order valence-corrected chi connectivity index (χ4v) is 2.36. The summed E-state index contributed by atoms with van der Waals surface area (Å²) >= 11 is 0. The predicted octanol–water partition coefficient (Wildman–Crippen LogP) is 3.06. The summed E-state index contributed by atoms with van der Waals surface area (Å²) < 4.78 is 37.4. The topological polar surface area (TPSA) is 23.5 Å². The van der Waals surface area contributed by atoms with E-state index in [1.807, 2.05) is 18.7 Å².